The number of rotatable bonds is 0. The molecule has 4 heteroatoms. The summed E-state index contributed by atoms with van der Waals surface area (Å²) in [6.07, 6.45) is 14.2. The van der Waals surface area contributed by atoms with Crippen LogP contribution >= 0.6 is 0 Å². The number of hydrogen-bond donors (Lipinski definition) is 0. The molecule has 0 fully saturated rings. The van der Waals surface area contributed by atoms with Gasteiger partial charge in [0.25, 0.3) is 0 Å². The van der Waals surface area contributed by atoms with Crippen LogP contribution in [0.15, 0.2) is 389 Å². The van der Waals surface area contributed by atoms with Crippen molar-refractivity contribution in [3.05, 3.63) is 444 Å². The Kier molecular flexibility index (Phi) is 13.6. The van der Waals surface area contributed by atoms with E-state index in [2.05, 4.69) is 407 Å². The zero-order valence-electron chi connectivity index (χ0n) is 69.3. The van der Waals surface area contributed by atoms with Crippen molar-refractivity contribution in [3.63, 3.8) is 0 Å². The SMILES string of the molecule is c1cc2c3c(c1)-c1c(ccc4ccccc14)-n1ccc4ccc(c-3c41)C2.c1cc2c3c(c1)-c1cc4ccccc4cc1-n1ccc4ccc(c-3c41)C2.c1cc2c3c(c1)-c1ccc4ccccc4c1-c1cccc4ccc(c-3c14)C2.c1cc2c3c(c1)-c1ccc4ccccc4c1-n1ccc4ccc(c-3c41)C2.c1ccc2c(c1)-c1cccc3c1-c1c(ccc4ccn-2c14)C3. The lowest BCUT2D eigenvalue weighted by Gasteiger charge is -2.15. The Morgan fingerprint density at radius 3 is 1.04 bits per heavy atom. The predicted molar refractivity (Wildman–Crippen MR) is 529 cm³/mol. The third-order valence-electron chi connectivity index (χ3n) is 30.0. The highest BCUT2D eigenvalue weighted by molar-refractivity contribution is 6.22. The Bertz CT molecular complexity index is 9100. The third kappa shape index (κ3) is 9.29. The van der Waals surface area contributed by atoms with Crippen LogP contribution in [0.25, 0.3) is 243 Å². The number of hydrogen-bond acceptors (Lipinski definition) is 0. The van der Waals surface area contributed by atoms with Gasteiger partial charge in [0.2, 0.25) is 0 Å². The summed E-state index contributed by atoms with van der Waals surface area (Å²) < 4.78 is 9.62. The maximum Gasteiger partial charge on any atom is 0.0613 e. The Hall–Kier alpha value is -16.1. The second-order valence-corrected chi connectivity index (χ2v) is 36.3. The van der Waals surface area contributed by atoms with Gasteiger partial charge in [-0.2, -0.15) is 0 Å². The van der Waals surface area contributed by atoms with E-state index in [0.29, 0.717) is 0 Å². The monoisotopic (exact) mass is 1610 g/mol. The molecule has 127 heavy (non-hydrogen) atoms. The van der Waals surface area contributed by atoms with Gasteiger partial charge in [-0.15, -0.1) is 0 Å². The average molecular weight is 1610 g/mol. The number of nitrogens with zero attached hydrogens (tertiary/aromatic N) is 4. The van der Waals surface area contributed by atoms with E-state index in [-0.39, 0.29) is 0 Å². The molecule has 0 spiro atoms. The molecule has 0 bridgehead atoms. The van der Waals surface area contributed by atoms with Gasteiger partial charge >= 0.3 is 0 Å². The molecule has 0 atom stereocenters. The van der Waals surface area contributed by atoms with Crippen molar-refractivity contribution in [1.29, 1.82) is 0 Å². The summed E-state index contributed by atoms with van der Waals surface area (Å²) in [5, 5.41) is 18.6. The van der Waals surface area contributed by atoms with Crippen LogP contribution in [0, 0.1) is 0 Å². The summed E-state index contributed by atoms with van der Waals surface area (Å²) in [5.74, 6) is 0. The first-order valence-corrected chi connectivity index (χ1v) is 44.9. The minimum atomic E-state index is 1.04. The van der Waals surface area contributed by atoms with Gasteiger partial charge in [0.15, 0.2) is 0 Å². The van der Waals surface area contributed by atoms with Crippen LogP contribution in [0.2, 0.25) is 0 Å². The van der Waals surface area contributed by atoms with Crippen LogP contribution in [0.3, 0.4) is 0 Å². The summed E-state index contributed by atoms with van der Waals surface area (Å²) in [5.41, 5.74) is 56.1. The molecule has 0 saturated carbocycles. The molecular weight excluding hydrogens is 1530 g/mol. The summed E-state index contributed by atoms with van der Waals surface area (Å²) >= 11 is 0. The first-order chi connectivity index (χ1) is 63.0. The second-order valence-electron chi connectivity index (χ2n) is 36.3. The smallest absolute Gasteiger partial charge is 0.0613 e. The lowest BCUT2D eigenvalue weighted by atomic mass is 9.88. The standard InChI is InChI=1S/C27H16.3C25H15N.C21H13N/c1-2-8-20-16(5-1)13-14-22-21-9-4-7-18-15-19-12-11-17-6-3-10-23(27(20)22)24(17)26(19)25(18)21;1-2-6-19-15(4-1)10-11-21-24(19)20-7-3-5-17-14-18-9-8-16-12-13-26(21)25(16)23(18)22(17)20;1-2-6-19-15(4-1)10-11-21-20-7-3-5-17-14-18-9-8-16-12-13-26(25(19)21)24(16)23(18)22(17)20;1-2-5-17-14-22-21(13-16(17)4-1)20-7-3-6-18-12-19-9-8-15-10-11-26(22)25(15)24(19)23(18)20;1-2-7-18-16(5-1)17-6-3-4-14-12-15-9-8-13-10-11-22(18)21(13)20(15)19(14)17/h1-14H,15H2;2*1-13H,14H2;1-11,13-14H,12H2;1-11H,12H2. The van der Waals surface area contributed by atoms with E-state index >= 15 is 0 Å². The van der Waals surface area contributed by atoms with Gasteiger partial charge in [-0.05, 0) is 263 Å². The molecule has 0 unspecified atom stereocenters. The van der Waals surface area contributed by atoms with Crippen LogP contribution in [0.5, 0.6) is 0 Å². The number of fused-ring (bicyclic) bond motifs is 22. The Balaban J connectivity index is 0.0000000774. The van der Waals surface area contributed by atoms with Crippen molar-refractivity contribution in [1.82, 2.24) is 18.3 Å². The lowest BCUT2D eigenvalue weighted by molar-refractivity contribution is 1.13. The van der Waals surface area contributed by atoms with Crippen molar-refractivity contribution in [2.45, 2.75) is 32.1 Å². The van der Waals surface area contributed by atoms with E-state index in [4.69, 9.17) is 0 Å². The topological polar surface area (TPSA) is 19.7 Å². The van der Waals surface area contributed by atoms with Gasteiger partial charge in [0.1, 0.15) is 0 Å². The molecule has 10 aliphatic rings. The van der Waals surface area contributed by atoms with Gasteiger partial charge in [-0.1, -0.05) is 315 Å². The molecule has 0 amide bonds. The van der Waals surface area contributed by atoms with Crippen LogP contribution in [0.4, 0.5) is 0 Å². The number of para-hydroxylation sites is 1. The fraction of sp³-hybridized carbons (Fsp3) is 0.0407. The van der Waals surface area contributed by atoms with Gasteiger partial charge in [-0.3, -0.25) is 0 Å². The Morgan fingerprint density at radius 2 is 0.480 bits per heavy atom. The molecule has 8 heterocycles. The van der Waals surface area contributed by atoms with Crippen molar-refractivity contribution < 1.29 is 0 Å². The Labute approximate surface area is 732 Å². The highest BCUT2D eigenvalue weighted by atomic mass is 15.0. The van der Waals surface area contributed by atoms with Crippen molar-refractivity contribution in [2.24, 2.45) is 0 Å². The average Bonchev–Trinajstić information content (AvgIpc) is 1.58. The number of aromatic nitrogens is 4. The minimum absolute atomic E-state index is 1.04. The van der Waals surface area contributed by atoms with E-state index in [1.54, 1.807) is 0 Å². The van der Waals surface area contributed by atoms with E-state index in [1.807, 2.05) is 0 Å². The maximum absolute atomic E-state index is 2.43. The van der Waals surface area contributed by atoms with E-state index in [9.17, 15) is 0 Å². The predicted octanol–water partition coefficient (Wildman–Crippen LogP) is 31.4. The van der Waals surface area contributed by atoms with Crippen molar-refractivity contribution >= 4 is 97.5 Å². The molecule has 4 aliphatic heterocycles. The highest BCUT2D eigenvalue weighted by Gasteiger charge is 2.37. The number of benzene rings is 20. The molecule has 34 rings (SSSR count). The summed E-state index contributed by atoms with van der Waals surface area (Å²) in [6, 6.07) is 135. The molecule has 586 valence electrons. The molecule has 0 saturated heterocycles. The van der Waals surface area contributed by atoms with Gasteiger partial charge < -0.3 is 18.3 Å². The summed E-state index contributed by atoms with van der Waals surface area (Å²) in [6.45, 7) is 0. The first-order valence-electron chi connectivity index (χ1n) is 44.9. The van der Waals surface area contributed by atoms with Gasteiger partial charge in [0.05, 0.1) is 44.8 Å². The highest BCUT2D eigenvalue weighted by Crippen LogP contribution is 2.59. The third-order valence-corrected chi connectivity index (χ3v) is 30.0. The molecule has 20 aromatic carbocycles. The molecule has 0 radical (unpaired) electrons. The van der Waals surface area contributed by atoms with E-state index in [1.165, 1.54) is 298 Å². The van der Waals surface area contributed by atoms with Gasteiger partial charge in [-0.25, -0.2) is 0 Å². The van der Waals surface area contributed by atoms with Crippen LogP contribution in [-0.4, -0.2) is 18.3 Å². The Morgan fingerprint density at radius 1 is 0.150 bits per heavy atom. The molecule has 6 aliphatic carbocycles. The molecule has 4 nitrogen and oxygen atoms in total. The van der Waals surface area contributed by atoms with Crippen LogP contribution in [-0.2, 0) is 32.1 Å². The normalized spacial score (nSPS) is 13.2. The maximum atomic E-state index is 2.43. The van der Waals surface area contributed by atoms with Crippen molar-refractivity contribution in [3.8, 4) is 145 Å². The van der Waals surface area contributed by atoms with E-state index in [0.717, 1.165) is 32.1 Å². The fourth-order valence-corrected chi connectivity index (χ4v) is 24.8. The van der Waals surface area contributed by atoms with Gasteiger partial charge in [0, 0.05) is 96.2 Å². The summed E-state index contributed by atoms with van der Waals surface area (Å²) in [4.78, 5) is 0. The molecule has 4 aromatic heterocycles. The van der Waals surface area contributed by atoms with E-state index < -0.39 is 0 Å². The molecule has 24 aromatic rings. The summed E-state index contributed by atoms with van der Waals surface area (Å²) in [7, 11) is 0. The fourth-order valence-electron chi connectivity index (χ4n) is 24.8. The first kappa shape index (κ1) is 68.4. The van der Waals surface area contributed by atoms with Crippen LogP contribution in [0.1, 0.15) is 55.6 Å². The minimum Gasteiger partial charge on any atom is -0.315 e. The lowest BCUT2D eigenvalue weighted by Crippen LogP contribution is -1.96. The second kappa shape index (κ2) is 25.3. The molecular formula is C123H74N4. The zero-order valence-corrected chi connectivity index (χ0v) is 69.3. The van der Waals surface area contributed by atoms with Crippen LogP contribution < -0.4 is 0 Å². The molecule has 0 N–H and O–H groups in total. The largest absolute Gasteiger partial charge is 0.315 e. The quantitative estimate of drug-likeness (QED) is 0.144. The zero-order chi connectivity index (χ0) is 82.3. The van der Waals surface area contributed by atoms with Crippen molar-refractivity contribution in [2.75, 3.05) is 0 Å².